The molecule has 0 aliphatic carbocycles. The number of likely N-dealkylation sites (tertiary alicyclic amines) is 1. The molecule has 1 aliphatic heterocycles. The zero-order valence-corrected chi connectivity index (χ0v) is 13.7. The highest BCUT2D eigenvalue weighted by atomic mass is 32.1. The number of aryl methyl sites for hydroxylation is 1. The van der Waals surface area contributed by atoms with Crippen LogP contribution in [-0.4, -0.2) is 51.4 Å². The molecule has 1 amide bonds. The Morgan fingerprint density at radius 1 is 1.55 bits per heavy atom. The number of carbonyl (C=O) groups excluding carboxylic acids is 1. The van der Waals surface area contributed by atoms with Crippen LogP contribution in [0.1, 0.15) is 30.3 Å². The zero-order valence-electron chi connectivity index (χ0n) is 12.9. The summed E-state index contributed by atoms with van der Waals surface area (Å²) in [5.41, 5.74) is 1.46. The molecule has 2 aromatic heterocycles. The minimum Gasteiger partial charge on any atom is -0.377 e. The maximum Gasteiger partial charge on any atom is 0.273 e. The molecule has 0 aromatic carbocycles. The number of piperidine rings is 1. The van der Waals surface area contributed by atoms with E-state index in [1.165, 1.54) is 11.3 Å². The predicted octanol–water partition coefficient (Wildman–Crippen LogP) is 2.18. The zero-order chi connectivity index (χ0) is 15.5. The third-order valence-corrected chi connectivity index (χ3v) is 4.63. The van der Waals surface area contributed by atoms with Gasteiger partial charge in [0.25, 0.3) is 5.91 Å². The van der Waals surface area contributed by atoms with Crippen LogP contribution in [0.4, 0.5) is 0 Å². The summed E-state index contributed by atoms with van der Waals surface area (Å²) in [7, 11) is 1.87. The first-order chi connectivity index (χ1) is 10.7. The van der Waals surface area contributed by atoms with Crippen LogP contribution in [0.25, 0.3) is 10.6 Å². The smallest absolute Gasteiger partial charge is 0.273 e. The van der Waals surface area contributed by atoms with E-state index in [4.69, 9.17) is 4.74 Å². The number of hydrogen-bond donors (Lipinski definition) is 0. The SMILES string of the molecule is CCO[C@H]1CCCN(C(=O)c2csc(-c3cnn(C)c3)n2)C1. The fraction of sp³-hybridized carbons (Fsp3) is 0.533. The number of nitrogens with zero attached hydrogens (tertiary/aromatic N) is 4. The van der Waals surface area contributed by atoms with Gasteiger partial charge in [0, 0.05) is 43.9 Å². The van der Waals surface area contributed by atoms with Crippen LogP contribution in [0, 0.1) is 0 Å². The van der Waals surface area contributed by atoms with E-state index in [0.29, 0.717) is 18.8 Å². The van der Waals surface area contributed by atoms with Crippen molar-refractivity contribution in [3.63, 3.8) is 0 Å². The van der Waals surface area contributed by atoms with Gasteiger partial charge in [-0.3, -0.25) is 9.48 Å². The minimum atomic E-state index is -0.00390. The van der Waals surface area contributed by atoms with Gasteiger partial charge >= 0.3 is 0 Å². The van der Waals surface area contributed by atoms with E-state index >= 15 is 0 Å². The standard InChI is InChI=1S/C15H20N4O2S/c1-3-21-12-5-4-6-19(9-12)15(20)13-10-22-14(17-13)11-7-16-18(2)8-11/h7-8,10,12H,3-6,9H2,1-2H3/t12-/m0/s1. The molecule has 0 bridgehead atoms. The van der Waals surface area contributed by atoms with Crippen LogP contribution < -0.4 is 0 Å². The summed E-state index contributed by atoms with van der Waals surface area (Å²) in [4.78, 5) is 18.9. The summed E-state index contributed by atoms with van der Waals surface area (Å²) in [6, 6.07) is 0. The van der Waals surface area contributed by atoms with Gasteiger partial charge in [0.05, 0.1) is 12.3 Å². The van der Waals surface area contributed by atoms with Gasteiger partial charge in [0.15, 0.2) is 0 Å². The lowest BCUT2D eigenvalue weighted by Crippen LogP contribution is -2.43. The summed E-state index contributed by atoms with van der Waals surface area (Å²) in [6.07, 6.45) is 5.82. The lowest BCUT2D eigenvalue weighted by Gasteiger charge is -2.32. The quantitative estimate of drug-likeness (QED) is 0.866. The third kappa shape index (κ3) is 3.20. The average Bonchev–Trinajstić information content (AvgIpc) is 3.16. The van der Waals surface area contributed by atoms with Crippen molar-refractivity contribution < 1.29 is 9.53 Å². The molecular weight excluding hydrogens is 300 g/mol. The van der Waals surface area contributed by atoms with Gasteiger partial charge in [-0.15, -0.1) is 11.3 Å². The summed E-state index contributed by atoms with van der Waals surface area (Å²) in [5, 5.41) is 6.80. The number of hydrogen-bond acceptors (Lipinski definition) is 5. The molecule has 0 saturated carbocycles. The van der Waals surface area contributed by atoms with E-state index in [-0.39, 0.29) is 12.0 Å². The maximum absolute atomic E-state index is 12.6. The van der Waals surface area contributed by atoms with Crippen LogP contribution in [0.5, 0.6) is 0 Å². The van der Waals surface area contributed by atoms with Crippen molar-refractivity contribution in [2.45, 2.75) is 25.9 Å². The Labute approximate surface area is 133 Å². The van der Waals surface area contributed by atoms with Crippen LogP contribution in [0.3, 0.4) is 0 Å². The topological polar surface area (TPSA) is 60.2 Å². The molecule has 0 N–H and O–H groups in total. The summed E-state index contributed by atoms with van der Waals surface area (Å²) >= 11 is 1.48. The van der Waals surface area contributed by atoms with Gasteiger partial charge in [0.1, 0.15) is 10.7 Å². The Morgan fingerprint density at radius 2 is 2.41 bits per heavy atom. The van der Waals surface area contributed by atoms with Gasteiger partial charge in [-0.1, -0.05) is 0 Å². The molecule has 7 heteroatoms. The summed E-state index contributed by atoms with van der Waals surface area (Å²) < 4.78 is 7.39. The summed E-state index contributed by atoms with van der Waals surface area (Å²) in [5.74, 6) is -0.00390. The molecule has 22 heavy (non-hydrogen) atoms. The van der Waals surface area contributed by atoms with Crippen molar-refractivity contribution in [2.75, 3.05) is 19.7 Å². The van der Waals surface area contributed by atoms with E-state index in [2.05, 4.69) is 10.1 Å². The Balaban J connectivity index is 1.71. The molecule has 1 fully saturated rings. The molecule has 6 nitrogen and oxygen atoms in total. The van der Waals surface area contributed by atoms with Crippen molar-refractivity contribution in [3.8, 4) is 10.6 Å². The number of aromatic nitrogens is 3. The normalized spacial score (nSPS) is 18.6. The molecule has 2 aromatic rings. The number of ether oxygens (including phenoxy) is 1. The number of carbonyl (C=O) groups is 1. The monoisotopic (exact) mass is 320 g/mol. The molecule has 0 unspecified atom stereocenters. The molecule has 1 saturated heterocycles. The van der Waals surface area contributed by atoms with Crippen molar-refractivity contribution in [1.29, 1.82) is 0 Å². The first-order valence-corrected chi connectivity index (χ1v) is 8.40. The van der Waals surface area contributed by atoms with Gasteiger partial charge in [-0.25, -0.2) is 4.98 Å². The second-order valence-corrected chi connectivity index (χ2v) is 6.27. The Hall–Kier alpha value is -1.73. The predicted molar refractivity (Wildman–Crippen MR) is 84.9 cm³/mol. The van der Waals surface area contributed by atoms with Gasteiger partial charge < -0.3 is 9.64 Å². The highest BCUT2D eigenvalue weighted by molar-refractivity contribution is 7.13. The van der Waals surface area contributed by atoms with Gasteiger partial charge in [-0.05, 0) is 19.8 Å². The summed E-state index contributed by atoms with van der Waals surface area (Å²) in [6.45, 7) is 4.12. The highest BCUT2D eigenvalue weighted by Gasteiger charge is 2.26. The van der Waals surface area contributed by atoms with Crippen LogP contribution in [0.2, 0.25) is 0 Å². The lowest BCUT2D eigenvalue weighted by atomic mass is 10.1. The Morgan fingerprint density at radius 3 is 3.14 bits per heavy atom. The van der Waals surface area contributed by atoms with Crippen LogP contribution in [0.15, 0.2) is 17.8 Å². The maximum atomic E-state index is 12.6. The second-order valence-electron chi connectivity index (χ2n) is 5.41. The third-order valence-electron chi connectivity index (χ3n) is 3.74. The van der Waals surface area contributed by atoms with Crippen molar-refractivity contribution >= 4 is 17.2 Å². The Bertz CT molecular complexity index is 650. The van der Waals surface area contributed by atoms with Crippen molar-refractivity contribution in [3.05, 3.63) is 23.5 Å². The number of thiazole rings is 1. The first-order valence-electron chi connectivity index (χ1n) is 7.52. The molecule has 0 spiro atoms. The molecule has 118 valence electrons. The first kappa shape index (κ1) is 15.2. The number of rotatable bonds is 4. The second kappa shape index (κ2) is 6.58. The molecule has 1 aliphatic rings. The minimum absolute atomic E-state index is 0.00390. The van der Waals surface area contributed by atoms with Gasteiger partial charge in [-0.2, -0.15) is 5.10 Å². The largest absolute Gasteiger partial charge is 0.377 e. The fourth-order valence-electron chi connectivity index (χ4n) is 2.69. The van der Waals surface area contributed by atoms with Crippen molar-refractivity contribution in [1.82, 2.24) is 19.7 Å². The number of amides is 1. The molecule has 1 atom stereocenters. The highest BCUT2D eigenvalue weighted by Crippen LogP contribution is 2.24. The molecule has 0 radical (unpaired) electrons. The molecular formula is C15H20N4O2S. The average molecular weight is 320 g/mol. The molecule has 3 rings (SSSR count). The van der Waals surface area contributed by atoms with E-state index in [0.717, 1.165) is 30.0 Å². The van der Waals surface area contributed by atoms with Crippen LogP contribution in [-0.2, 0) is 11.8 Å². The van der Waals surface area contributed by atoms with E-state index in [1.54, 1.807) is 10.9 Å². The van der Waals surface area contributed by atoms with Crippen molar-refractivity contribution in [2.24, 2.45) is 7.05 Å². The lowest BCUT2D eigenvalue weighted by molar-refractivity contribution is 0.00706. The van der Waals surface area contributed by atoms with Gasteiger partial charge in [0.2, 0.25) is 0 Å². The van der Waals surface area contributed by atoms with E-state index in [1.807, 2.05) is 30.4 Å². The van der Waals surface area contributed by atoms with E-state index in [9.17, 15) is 4.79 Å². The molecule has 3 heterocycles. The van der Waals surface area contributed by atoms with Crippen LogP contribution >= 0.6 is 11.3 Å². The van der Waals surface area contributed by atoms with E-state index < -0.39 is 0 Å². The Kier molecular flexibility index (Phi) is 4.54. The fourth-order valence-corrected chi connectivity index (χ4v) is 3.46.